The van der Waals surface area contributed by atoms with Crippen LogP contribution in [0.5, 0.6) is 0 Å². The molecule has 5 nitrogen and oxygen atoms in total. The van der Waals surface area contributed by atoms with Gasteiger partial charge in [-0.3, -0.25) is 10.1 Å². The van der Waals surface area contributed by atoms with E-state index in [1.54, 1.807) is 40.9 Å². The van der Waals surface area contributed by atoms with Gasteiger partial charge in [0.2, 0.25) is 0 Å². The number of carbonyl (C=O) groups is 1. The van der Waals surface area contributed by atoms with Crippen LogP contribution in [-0.2, 0) is 11.8 Å². The molecule has 1 amide bonds. The Morgan fingerprint density at radius 2 is 2.00 bits per heavy atom. The van der Waals surface area contributed by atoms with Gasteiger partial charge >= 0.3 is 6.09 Å². The normalized spacial score (nSPS) is 11.2. The molecule has 0 aliphatic heterocycles. The third kappa shape index (κ3) is 3.60. The van der Waals surface area contributed by atoms with Crippen molar-refractivity contribution in [2.75, 3.05) is 5.32 Å². The summed E-state index contributed by atoms with van der Waals surface area (Å²) in [7, 11) is 1.62. The lowest BCUT2D eigenvalue weighted by Crippen LogP contribution is -2.31. The first-order valence-electron chi connectivity index (χ1n) is 5.47. The SMILES string of the molecule is Cc1c(Br)cn(C)c(=O)c1NC(=O)OC(C)(C)C. The molecule has 0 radical (unpaired) electrons. The summed E-state index contributed by atoms with van der Waals surface area (Å²) in [4.78, 5) is 23.6. The number of amides is 1. The van der Waals surface area contributed by atoms with Gasteiger partial charge in [-0.2, -0.15) is 0 Å². The number of nitrogens with one attached hydrogen (secondary N) is 1. The highest BCUT2D eigenvalue weighted by Crippen LogP contribution is 2.20. The van der Waals surface area contributed by atoms with Crippen LogP contribution in [0, 0.1) is 6.92 Å². The van der Waals surface area contributed by atoms with Gasteiger partial charge in [0, 0.05) is 17.7 Å². The fourth-order valence-electron chi connectivity index (χ4n) is 1.33. The zero-order chi connectivity index (χ0) is 14.1. The number of ether oxygens (including phenoxy) is 1. The quantitative estimate of drug-likeness (QED) is 0.866. The molecule has 0 spiro atoms. The van der Waals surface area contributed by atoms with Gasteiger partial charge in [-0.15, -0.1) is 0 Å². The van der Waals surface area contributed by atoms with Crippen LogP contribution in [0.1, 0.15) is 26.3 Å². The summed E-state index contributed by atoms with van der Waals surface area (Å²) in [5.41, 5.74) is 0.0153. The van der Waals surface area contributed by atoms with Crippen molar-refractivity contribution in [1.82, 2.24) is 4.57 Å². The molecule has 0 bridgehead atoms. The predicted octanol–water partition coefficient (Wildman–Crippen LogP) is 2.80. The number of halogens is 1. The highest BCUT2D eigenvalue weighted by atomic mass is 79.9. The van der Waals surface area contributed by atoms with Gasteiger partial charge in [0.05, 0.1) is 0 Å². The number of hydrogen-bond donors (Lipinski definition) is 1. The molecule has 0 aliphatic carbocycles. The van der Waals surface area contributed by atoms with Crippen molar-refractivity contribution in [2.45, 2.75) is 33.3 Å². The van der Waals surface area contributed by atoms with Gasteiger partial charge in [0.15, 0.2) is 0 Å². The topological polar surface area (TPSA) is 60.3 Å². The molecular weight excluding hydrogens is 300 g/mol. The molecule has 1 aromatic rings. The summed E-state index contributed by atoms with van der Waals surface area (Å²) in [6.45, 7) is 7.04. The number of hydrogen-bond acceptors (Lipinski definition) is 3. The molecule has 100 valence electrons. The highest BCUT2D eigenvalue weighted by Gasteiger charge is 2.19. The molecule has 18 heavy (non-hydrogen) atoms. The summed E-state index contributed by atoms with van der Waals surface area (Å²) in [6.07, 6.45) is 1.01. The lowest BCUT2D eigenvalue weighted by molar-refractivity contribution is 0.0635. The summed E-state index contributed by atoms with van der Waals surface area (Å²) in [6, 6.07) is 0. The molecule has 0 aromatic carbocycles. The third-order valence-corrected chi connectivity index (χ3v) is 3.00. The Bertz CT molecular complexity index is 529. The van der Waals surface area contributed by atoms with Crippen LogP contribution < -0.4 is 10.9 Å². The Hall–Kier alpha value is -1.30. The summed E-state index contributed by atoms with van der Waals surface area (Å²) < 4.78 is 7.26. The van der Waals surface area contributed by atoms with E-state index in [0.717, 1.165) is 4.47 Å². The summed E-state index contributed by atoms with van der Waals surface area (Å²) in [5, 5.41) is 2.49. The van der Waals surface area contributed by atoms with Crippen LogP contribution in [0.15, 0.2) is 15.5 Å². The summed E-state index contributed by atoms with van der Waals surface area (Å²) >= 11 is 3.33. The maximum absolute atomic E-state index is 11.9. The van der Waals surface area contributed by atoms with Crippen molar-refractivity contribution in [3.05, 3.63) is 26.6 Å². The van der Waals surface area contributed by atoms with Crippen LogP contribution in [0.3, 0.4) is 0 Å². The van der Waals surface area contributed by atoms with E-state index in [1.165, 1.54) is 4.57 Å². The van der Waals surface area contributed by atoms with Gasteiger partial charge in [-0.1, -0.05) is 0 Å². The molecule has 1 aromatic heterocycles. The molecule has 1 heterocycles. The first-order valence-corrected chi connectivity index (χ1v) is 6.27. The van der Waals surface area contributed by atoms with E-state index in [-0.39, 0.29) is 11.2 Å². The molecule has 0 saturated heterocycles. The number of anilines is 1. The number of nitrogens with zero attached hydrogens (tertiary/aromatic N) is 1. The predicted molar refractivity (Wildman–Crippen MR) is 74.0 cm³/mol. The second-order valence-electron chi connectivity index (χ2n) is 5.02. The first-order chi connectivity index (χ1) is 8.11. The van der Waals surface area contributed by atoms with Crippen molar-refractivity contribution in [1.29, 1.82) is 0 Å². The zero-order valence-electron chi connectivity index (χ0n) is 11.1. The number of aryl methyl sites for hydroxylation is 1. The van der Waals surface area contributed by atoms with E-state index in [9.17, 15) is 9.59 Å². The van der Waals surface area contributed by atoms with E-state index in [1.807, 2.05) is 0 Å². The largest absolute Gasteiger partial charge is 0.444 e. The van der Waals surface area contributed by atoms with E-state index in [0.29, 0.717) is 5.56 Å². The van der Waals surface area contributed by atoms with Crippen molar-refractivity contribution < 1.29 is 9.53 Å². The van der Waals surface area contributed by atoms with Gasteiger partial charge in [0.1, 0.15) is 11.3 Å². The average Bonchev–Trinajstić information content (AvgIpc) is 2.19. The fourth-order valence-corrected chi connectivity index (χ4v) is 1.84. The fraction of sp³-hybridized carbons (Fsp3) is 0.500. The number of pyridine rings is 1. The van der Waals surface area contributed by atoms with Crippen LogP contribution in [0.2, 0.25) is 0 Å². The molecule has 0 fully saturated rings. The second-order valence-corrected chi connectivity index (χ2v) is 5.87. The zero-order valence-corrected chi connectivity index (χ0v) is 12.7. The molecule has 0 atom stereocenters. The van der Waals surface area contributed by atoms with Gasteiger partial charge in [-0.05, 0) is 49.2 Å². The second kappa shape index (κ2) is 5.14. The first kappa shape index (κ1) is 14.8. The smallest absolute Gasteiger partial charge is 0.412 e. The van der Waals surface area contributed by atoms with E-state index in [4.69, 9.17) is 4.74 Å². The van der Waals surface area contributed by atoms with Crippen molar-refractivity contribution in [3.63, 3.8) is 0 Å². The van der Waals surface area contributed by atoms with E-state index < -0.39 is 11.7 Å². The third-order valence-electron chi connectivity index (χ3n) is 2.20. The molecule has 1 N–H and O–H groups in total. The number of carbonyl (C=O) groups excluding carboxylic acids is 1. The minimum Gasteiger partial charge on any atom is -0.444 e. The summed E-state index contributed by atoms with van der Waals surface area (Å²) in [5.74, 6) is 0. The minimum atomic E-state index is -0.638. The van der Waals surface area contributed by atoms with Crippen molar-refractivity contribution in [3.8, 4) is 0 Å². The monoisotopic (exact) mass is 316 g/mol. The van der Waals surface area contributed by atoms with E-state index >= 15 is 0 Å². The van der Waals surface area contributed by atoms with Crippen molar-refractivity contribution in [2.24, 2.45) is 7.05 Å². The standard InChI is InChI=1S/C12H17BrN2O3/c1-7-8(13)6-15(5)10(16)9(7)14-11(17)18-12(2,3)4/h6H,1-5H3,(H,14,17). The van der Waals surface area contributed by atoms with Gasteiger partial charge < -0.3 is 9.30 Å². The Balaban J connectivity index is 3.06. The van der Waals surface area contributed by atoms with Crippen molar-refractivity contribution >= 4 is 27.7 Å². The number of aromatic nitrogens is 1. The van der Waals surface area contributed by atoms with Gasteiger partial charge in [-0.25, -0.2) is 4.79 Å². The molecule has 0 unspecified atom stereocenters. The Morgan fingerprint density at radius 3 is 2.50 bits per heavy atom. The Labute approximate surface area is 114 Å². The van der Waals surface area contributed by atoms with Gasteiger partial charge in [0.25, 0.3) is 5.56 Å². The molecule has 0 saturated carbocycles. The Kier molecular flexibility index (Phi) is 4.21. The van der Waals surface area contributed by atoms with Crippen LogP contribution >= 0.6 is 15.9 Å². The minimum absolute atomic E-state index is 0.223. The number of rotatable bonds is 1. The molecular formula is C12H17BrN2O3. The Morgan fingerprint density at radius 1 is 1.44 bits per heavy atom. The van der Waals surface area contributed by atoms with Crippen LogP contribution in [-0.4, -0.2) is 16.3 Å². The lowest BCUT2D eigenvalue weighted by Gasteiger charge is -2.20. The van der Waals surface area contributed by atoms with Crippen LogP contribution in [0.4, 0.5) is 10.5 Å². The molecule has 0 aliphatic rings. The lowest BCUT2D eigenvalue weighted by atomic mass is 10.2. The average molecular weight is 317 g/mol. The molecule has 6 heteroatoms. The van der Waals surface area contributed by atoms with E-state index in [2.05, 4.69) is 21.2 Å². The maximum Gasteiger partial charge on any atom is 0.412 e. The maximum atomic E-state index is 11.9. The molecule has 1 rings (SSSR count). The van der Waals surface area contributed by atoms with Crippen LogP contribution in [0.25, 0.3) is 0 Å². The highest BCUT2D eigenvalue weighted by molar-refractivity contribution is 9.10.